The summed E-state index contributed by atoms with van der Waals surface area (Å²) in [5.74, 6) is 0.0987. The summed E-state index contributed by atoms with van der Waals surface area (Å²) in [6.07, 6.45) is 3.46. The van der Waals surface area contributed by atoms with Crippen LogP contribution in [-0.4, -0.2) is 11.8 Å². The lowest BCUT2D eigenvalue weighted by Crippen LogP contribution is -2.26. The third-order valence-corrected chi connectivity index (χ3v) is 2.39. The van der Waals surface area contributed by atoms with Crippen LogP contribution in [0.2, 0.25) is 0 Å². The maximum Gasteiger partial charge on any atom is 0.184 e. The molecule has 0 heterocycles. The van der Waals surface area contributed by atoms with Gasteiger partial charge in [0.1, 0.15) is 0 Å². The molecule has 14 heavy (non-hydrogen) atoms. The third kappa shape index (κ3) is 2.55. The van der Waals surface area contributed by atoms with Crippen molar-refractivity contribution >= 4 is 5.78 Å². The third-order valence-electron chi connectivity index (χ3n) is 2.39. The van der Waals surface area contributed by atoms with Crippen LogP contribution in [0.3, 0.4) is 0 Å². The van der Waals surface area contributed by atoms with Crippen molar-refractivity contribution in [2.45, 2.75) is 39.7 Å². The fourth-order valence-electron chi connectivity index (χ4n) is 1.94. The van der Waals surface area contributed by atoms with Crippen molar-refractivity contribution in [1.82, 2.24) is 0 Å². The quantitative estimate of drug-likeness (QED) is 0.683. The zero-order chi connectivity index (χ0) is 10.9. The van der Waals surface area contributed by atoms with Gasteiger partial charge < -0.3 is 5.73 Å². The second-order valence-corrected chi connectivity index (χ2v) is 4.95. The molecular weight excluding hydrogens is 174 g/mol. The predicted molar refractivity (Wildman–Crippen MR) is 58.9 cm³/mol. The van der Waals surface area contributed by atoms with Gasteiger partial charge in [0.25, 0.3) is 0 Å². The van der Waals surface area contributed by atoms with Gasteiger partial charge in [0.05, 0.1) is 0 Å². The van der Waals surface area contributed by atoms with E-state index >= 15 is 0 Å². The van der Waals surface area contributed by atoms with E-state index in [1.54, 1.807) is 0 Å². The summed E-state index contributed by atoms with van der Waals surface area (Å²) in [5.41, 5.74) is 7.30. The van der Waals surface area contributed by atoms with Crippen LogP contribution in [0, 0.1) is 5.41 Å². The van der Waals surface area contributed by atoms with Gasteiger partial charge >= 0.3 is 0 Å². The Kier molecular flexibility index (Phi) is 2.95. The van der Waals surface area contributed by atoms with E-state index in [1.165, 1.54) is 0 Å². The molecule has 0 aliphatic heterocycles. The fraction of sp³-hybridized carbons (Fsp3) is 0.583. The van der Waals surface area contributed by atoms with Gasteiger partial charge in [-0.2, -0.15) is 0 Å². The van der Waals surface area contributed by atoms with Crippen LogP contribution in [0.5, 0.6) is 0 Å². The van der Waals surface area contributed by atoms with Crippen molar-refractivity contribution in [2.24, 2.45) is 11.1 Å². The molecule has 78 valence electrons. The number of hydrogen-bond donors (Lipinski definition) is 1. The molecule has 0 aromatic carbocycles. The number of Topliss-reactive ketones (excluding diaryl/α,β-unsaturated/α-hetero) is 1. The van der Waals surface area contributed by atoms with Crippen LogP contribution in [-0.2, 0) is 4.79 Å². The first-order valence-electron chi connectivity index (χ1n) is 5.01. The normalized spacial score (nSPS) is 23.3. The first-order valence-corrected chi connectivity index (χ1v) is 5.01. The fourth-order valence-corrected chi connectivity index (χ4v) is 1.94. The number of nitrogens with two attached hydrogens (primary N) is 1. The van der Waals surface area contributed by atoms with Crippen LogP contribution in [0.1, 0.15) is 33.6 Å². The van der Waals surface area contributed by atoms with E-state index < -0.39 is 0 Å². The largest absolute Gasteiger partial charge is 0.328 e. The van der Waals surface area contributed by atoms with Gasteiger partial charge in [-0.1, -0.05) is 26.5 Å². The molecule has 0 saturated carbocycles. The minimum Gasteiger partial charge on any atom is -0.328 e. The molecule has 2 nitrogen and oxygen atoms in total. The maximum absolute atomic E-state index is 11.7. The first kappa shape index (κ1) is 11.2. The number of rotatable bonds is 2. The van der Waals surface area contributed by atoms with Gasteiger partial charge in [0, 0.05) is 6.04 Å². The van der Waals surface area contributed by atoms with Crippen molar-refractivity contribution in [3.8, 4) is 0 Å². The van der Waals surface area contributed by atoms with Crippen LogP contribution < -0.4 is 5.73 Å². The van der Waals surface area contributed by atoms with E-state index in [0.29, 0.717) is 12.0 Å². The molecule has 1 aliphatic rings. The Morgan fingerprint density at radius 3 is 2.71 bits per heavy atom. The topological polar surface area (TPSA) is 43.1 Å². The zero-order valence-electron chi connectivity index (χ0n) is 9.26. The minimum atomic E-state index is 0.0342. The molecule has 1 atom stereocenters. The Balaban J connectivity index is 2.95. The van der Waals surface area contributed by atoms with Gasteiger partial charge in [0.2, 0.25) is 0 Å². The number of hydrogen-bond acceptors (Lipinski definition) is 2. The standard InChI is InChI=1S/C12H19NO/c1-8-6-12(3,4)7-10(11(8)14)5-9(2)13/h7,9H,1,5-6,13H2,2-4H3. The van der Waals surface area contributed by atoms with Crippen LogP contribution in [0.25, 0.3) is 0 Å². The Morgan fingerprint density at radius 1 is 1.64 bits per heavy atom. The lowest BCUT2D eigenvalue weighted by molar-refractivity contribution is -0.113. The highest BCUT2D eigenvalue weighted by molar-refractivity contribution is 6.08. The number of allylic oxidation sites excluding steroid dienone is 2. The summed E-state index contributed by atoms with van der Waals surface area (Å²) in [6, 6.07) is 0.0342. The summed E-state index contributed by atoms with van der Waals surface area (Å²) in [7, 11) is 0. The smallest absolute Gasteiger partial charge is 0.184 e. The van der Waals surface area contributed by atoms with Crippen LogP contribution >= 0.6 is 0 Å². The molecular formula is C12H19NO. The molecule has 0 amide bonds. The Hall–Kier alpha value is -0.890. The highest BCUT2D eigenvalue weighted by Crippen LogP contribution is 2.35. The lowest BCUT2D eigenvalue weighted by atomic mass is 9.75. The Labute approximate surface area is 85.9 Å². The highest BCUT2D eigenvalue weighted by atomic mass is 16.1. The van der Waals surface area contributed by atoms with Crippen LogP contribution in [0.4, 0.5) is 0 Å². The highest BCUT2D eigenvalue weighted by Gasteiger charge is 2.28. The monoisotopic (exact) mass is 193 g/mol. The van der Waals surface area contributed by atoms with Crippen molar-refractivity contribution in [3.63, 3.8) is 0 Å². The van der Waals surface area contributed by atoms with Crippen LogP contribution in [0.15, 0.2) is 23.8 Å². The van der Waals surface area contributed by atoms with Gasteiger partial charge in [0.15, 0.2) is 5.78 Å². The minimum absolute atomic E-state index is 0.0342. The summed E-state index contributed by atoms with van der Waals surface area (Å²) < 4.78 is 0. The van der Waals surface area contributed by atoms with E-state index in [2.05, 4.69) is 20.4 Å². The number of ketones is 1. The molecule has 2 N–H and O–H groups in total. The number of carbonyl (C=O) groups excluding carboxylic acids is 1. The Morgan fingerprint density at radius 2 is 2.21 bits per heavy atom. The summed E-state index contributed by atoms with van der Waals surface area (Å²) in [4.78, 5) is 11.7. The Bertz CT molecular complexity index is 297. The maximum atomic E-state index is 11.7. The first-order chi connectivity index (χ1) is 6.32. The summed E-state index contributed by atoms with van der Waals surface area (Å²) in [5, 5.41) is 0. The zero-order valence-corrected chi connectivity index (χ0v) is 9.26. The van der Waals surface area contributed by atoms with Crippen molar-refractivity contribution in [1.29, 1.82) is 0 Å². The van der Waals surface area contributed by atoms with E-state index in [9.17, 15) is 4.79 Å². The van der Waals surface area contributed by atoms with Crippen molar-refractivity contribution < 1.29 is 4.79 Å². The van der Waals surface area contributed by atoms with Gasteiger partial charge in [-0.3, -0.25) is 4.79 Å². The SMILES string of the molecule is C=C1CC(C)(C)C=C(CC(C)N)C1=O. The molecule has 1 aliphatic carbocycles. The lowest BCUT2D eigenvalue weighted by Gasteiger charge is -2.28. The predicted octanol–water partition coefficient (Wildman–Crippen LogP) is 2.21. The molecule has 0 fully saturated rings. The van der Waals surface area contributed by atoms with E-state index in [-0.39, 0.29) is 17.2 Å². The molecule has 0 saturated heterocycles. The second kappa shape index (κ2) is 3.70. The summed E-state index contributed by atoms with van der Waals surface area (Å²) >= 11 is 0. The molecule has 2 heteroatoms. The van der Waals surface area contributed by atoms with E-state index in [0.717, 1.165) is 12.0 Å². The van der Waals surface area contributed by atoms with Crippen molar-refractivity contribution in [2.75, 3.05) is 0 Å². The molecule has 0 spiro atoms. The average Bonchev–Trinajstić information content (AvgIpc) is 1.97. The summed E-state index contributed by atoms with van der Waals surface area (Å²) in [6.45, 7) is 9.97. The van der Waals surface area contributed by atoms with Gasteiger partial charge in [-0.15, -0.1) is 0 Å². The second-order valence-electron chi connectivity index (χ2n) is 4.95. The molecule has 0 aromatic heterocycles. The molecule has 0 radical (unpaired) electrons. The molecule has 1 unspecified atom stereocenters. The molecule has 0 aromatic rings. The van der Waals surface area contributed by atoms with E-state index in [1.807, 2.05) is 13.0 Å². The number of carbonyl (C=O) groups is 1. The van der Waals surface area contributed by atoms with Crippen molar-refractivity contribution in [3.05, 3.63) is 23.8 Å². The molecule has 0 bridgehead atoms. The average molecular weight is 193 g/mol. The molecule has 1 rings (SSSR count). The van der Waals surface area contributed by atoms with Gasteiger partial charge in [-0.25, -0.2) is 0 Å². The van der Waals surface area contributed by atoms with E-state index in [4.69, 9.17) is 5.73 Å². The van der Waals surface area contributed by atoms with Gasteiger partial charge in [-0.05, 0) is 36.3 Å².